The fraction of sp³-hybridized carbons (Fsp3) is 0.429. The Morgan fingerprint density at radius 3 is 2.65 bits per heavy atom. The van der Waals surface area contributed by atoms with E-state index in [1.165, 1.54) is 42.5 Å². The fourth-order valence-electron chi connectivity index (χ4n) is 4.34. The molecule has 2 bridgehead atoms. The van der Waals surface area contributed by atoms with Gasteiger partial charge in [0.15, 0.2) is 0 Å². The average Bonchev–Trinajstić information content (AvgIpc) is 2.59. The molecule has 2 aromatic carbocycles. The van der Waals surface area contributed by atoms with Gasteiger partial charge >= 0.3 is 0 Å². The van der Waals surface area contributed by atoms with Crippen molar-refractivity contribution in [3.05, 3.63) is 71.3 Å². The second kappa shape index (κ2) is 6.10. The maximum atomic E-state index is 3.86. The summed E-state index contributed by atoms with van der Waals surface area (Å²) in [5.41, 5.74) is 4.46. The van der Waals surface area contributed by atoms with Crippen LogP contribution in [-0.4, -0.2) is 24.0 Å². The predicted molar refractivity (Wildman–Crippen MR) is 95.4 cm³/mol. The molecule has 2 nitrogen and oxygen atoms in total. The number of benzene rings is 2. The largest absolute Gasteiger partial charge is 0.307 e. The van der Waals surface area contributed by atoms with Gasteiger partial charge in [0, 0.05) is 24.7 Å². The Morgan fingerprint density at radius 1 is 1.09 bits per heavy atom. The highest BCUT2D eigenvalue weighted by atomic mass is 15.2. The van der Waals surface area contributed by atoms with Gasteiger partial charge in [-0.05, 0) is 43.9 Å². The second-order valence-corrected chi connectivity index (χ2v) is 7.23. The molecule has 4 rings (SSSR count). The third kappa shape index (κ3) is 2.93. The standard InChI is InChI=1S/C21H26N2/c1-17-7-9-19(10-8-17)21-12-14-23(20(15-21)11-13-22-21)16-18-5-3-2-4-6-18/h2-10,20,22H,11-16H2,1H3. The van der Waals surface area contributed by atoms with Gasteiger partial charge in [0.2, 0.25) is 0 Å². The zero-order valence-electron chi connectivity index (χ0n) is 14.0. The maximum absolute atomic E-state index is 3.86. The van der Waals surface area contributed by atoms with Gasteiger partial charge in [-0.3, -0.25) is 4.90 Å². The minimum atomic E-state index is 0.198. The zero-order valence-corrected chi connectivity index (χ0v) is 14.0. The van der Waals surface area contributed by atoms with E-state index in [2.05, 4.69) is 71.7 Å². The van der Waals surface area contributed by atoms with Gasteiger partial charge in [0.1, 0.15) is 0 Å². The van der Waals surface area contributed by atoms with Crippen molar-refractivity contribution in [1.29, 1.82) is 0 Å². The smallest absolute Gasteiger partial charge is 0.0461 e. The highest BCUT2D eigenvalue weighted by Gasteiger charge is 2.43. The number of hydrogen-bond donors (Lipinski definition) is 1. The summed E-state index contributed by atoms with van der Waals surface area (Å²) in [5.74, 6) is 0. The van der Waals surface area contributed by atoms with Gasteiger partial charge < -0.3 is 5.32 Å². The second-order valence-electron chi connectivity index (χ2n) is 7.23. The van der Waals surface area contributed by atoms with E-state index in [0.29, 0.717) is 6.04 Å². The van der Waals surface area contributed by atoms with Crippen molar-refractivity contribution in [1.82, 2.24) is 10.2 Å². The van der Waals surface area contributed by atoms with Crippen molar-refractivity contribution in [2.45, 2.75) is 44.3 Å². The SMILES string of the molecule is Cc1ccc(C23CCN(Cc4ccccc4)C(CCN2)C3)cc1. The van der Waals surface area contributed by atoms with Gasteiger partial charge in [0.05, 0.1) is 0 Å². The molecule has 0 radical (unpaired) electrons. The van der Waals surface area contributed by atoms with Crippen LogP contribution in [0.5, 0.6) is 0 Å². The van der Waals surface area contributed by atoms with Crippen LogP contribution >= 0.6 is 0 Å². The molecule has 2 aliphatic heterocycles. The highest BCUT2D eigenvalue weighted by molar-refractivity contribution is 5.30. The number of rotatable bonds is 3. The molecule has 2 aromatic rings. The number of nitrogens with one attached hydrogen (secondary N) is 1. The summed E-state index contributed by atoms with van der Waals surface area (Å²) >= 11 is 0. The van der Waals surface area contributed by atoms with Crippen molar-refractivity contribution in [2.75, 3.05) is 13.1 Å². The molecular formula is C21H26N2. The minimum absolute atomic E-state index is 0.198. The van der Waals surface area contributed by atoms with Crippen molar-refractivity contribution >= 4 is 0 Å². The van der Waals surface area contributed by atoms with Crippen LogP contribution < -0.4 is 5.32 Å². The van der Waals surface area contributed by atoms with E-state index in [0.717, 1.165) is 13.1 Å². The summed E-state index contributed by atoms with van der Waals surface area (Å²) in [6.07, 6.45) is 3.71. The lowest BCUT2D eigenvalue weighted by molar-refractivity contribution is 0.0353. The fourth-order valence-corrected chi connectivity index (χ4v) is 4.34. The monoisotopic (exact) mass is 306 g/mol. The summed E-state index contributed by atoms with van der Waals surface area (Å²) < 4.78 is 0. The van der Waals surface area contributed by atoms with Crippen molar-refractivity contribution in [3.8, 4) is 0 Å². The van der Waals surface area contributed by atoms with Gasteiger partial charge in [-0.1, -0.05) is 60.2 Å². The summed E-state index contributed by atoms with van der Waals surface area (Å²) in [6.45, 7) is 5.57. The van der Waals surface area contributed by atoms with Crippen LogP contribution in [0.1, 0.15) is 36.0 Å². The van der Waals surface area contributed by atoms with Crippen LogP contribution in [0.15, 0.2) is 54.6 Å². The molecule has 0 aromatic heterocycles. The van der Waals surface area contributed by atoms with E-state index in [4.69, 9.17) is 0 Å². The first-order valence-corrected chi connectivity index (χ1v) is 8.85. The Morgan fingerprint density at radius 2 is 1.87 bits per heavy atom. The molecule has 23 heavy (non-hydrogen) atoms. The summed E-state index contributed by atoms with van der Waals surface area (Å²) in [4.78, 5) is 2.70. The van der Waals surface area contributed by atoms with E-state index >= 15 is 0 Å². The Hall–Kier alpha value is -1.64. The third-order valence-electron chi connectivity index (χ3n) is 5.70. The van der Waals surface area contributed by atoms with Crippen molar-refractivity contribution in [2.24, 2.45) is 0 Å². The summed E-state index contributed by atoms with van der Waals surface area (Å²) in [5, 5.41) is 3.86. The van der Waals surface area contributed by atoms with E-state index in [-0.39, 0.29) is 5.54 Å². The maximum Gasteiger partial charge on any atom is 0.0461 e. The Labute approximate surface area is 139 Å². The molecule has 2 heterocycles. The number of nitrogens with zero attached hydrogens (tertiary/aromatic N) is 1. The Kier molecular flexibility index (Phi) is 3.96. The molecule has 2 fully saturated rings. The van der Waals surface area contributed by atoms with E-state index in [9.17, 15) is 0 Å². The van der Waals surface area contributed by atoms with Crippen LogP contribution in [-0.2, 0) is 12.1 Å². The van der Waals surface area contributed by atoms with Gasteiger partial charge in [0.25, 0.3) is 0 Å². The molecule has 2 saturated heterocycles. The van der Waals surface area contributed by atoms with Crippen LogP contribution in [0.3, 0.4) is 0 Å². The van der Waals surface area contributed by atoms with Crippen LogP contribution in [0.25, 0.3) is 0 Å². The highest BCUT2D eigenvalue weighted by Crippen LogP contribution is 2.40. The molecule has 0 amide bonds. The molecule has 2 unspecified atom stereocenters. The minimum Gasteiger partial charge on any atom is -0.307 e. The molecule has 2 heteroatoms. The number of fused-ring (bicyclic) bond motifs is 2. The number of hydrogen-bond acceptors (Lipinski definition) is 2. The zero-order chi connectivity index (χ0) is 15.7. The molecule has 0 spiro atoms. The lowest BCUT2D eigenvalue weighted by Crippen LogP contribution is -2.59. The lowest BCUT2D eigenvalue weighted by atomic mass is 9.74. The molecule has 2 atom stereocenters. The summed E-state index contributed by atoms with van der Waals surface area (Å²) in [7, 11) is 0. The molecule has 120 valence electrons. The van der Waals surface area contributed by atoms with E-state index < -0.39 is 0 Å². The van der Waals surface area contributed by atoms with Crippen LogP contribution in [0, 0.1) is 6.92 Å². The van der Waals surface area contributed by atoms with E-state index in [1.54, 1.807) is 0 Å². The van der Waals surface area contributed by atoms with Crippen LogP contribution in [0.4, 0.5) is 0 Å². The molecule has 0 saturated carbocycles. The van der Waals surface area contributed by atoms with E-state index in [1.807, 2.05) is 0 Å². The first-order valence-electron chi connectivity index (χ1n) is 8.85. The van der Waals surface area contributed by atoms with Crippen molar-refractivity contribution in [3.63, 3.8) is 0 Å². The quantitative estimate of drug-likeness (QED) is 0.926. The number of likely N-dealkylation sites (tertiary alicyclic amines) is 1. The van der Waals surface area contributed by atoms with Crippen LogP contribution in [0.2, 0.25) is 0 Å². The first-order chi connectivity index (χ1) is 11.3. The van der Waals surface area contributed by atoms with Gasteiger partial charge in [-0.25, -0.2) is 0 Å². The average molecular weight is 306 g/mol. The normalized spacial score (nSPS) is 27.8. The number of aryl methyl sites for hydroxylation is 1. The molecule has 0 aliphatic carbocycles. The summed E-state index contributed by atoms with van der Waals surface area (Å²) in [6, 6.07) is 20.8. The Balaban J connectivity index is 1.53. The predicted octanol–water partition coefficient (Wildman–Crippen LogP) is 3.85. The molecule has 1 N–H and O–H groups in total. The molecular weight excluding hydrogens is 280 g/mol. The molecule has 2 aliphatic rings. The Bertz CT molecular complexity index is 649. The lowest BCUT2D eigenvalue weighted by Gasteiger charge is -2.51. The van der Waals surface area contributed by atoms with Gasteiger partial charge in [-0.2, -0.15) is 0 Å². The number of piperidine rings is 2. The van der Waals surface area contributed by atoms with Crippen molar-refractivity contribution < 1.29 is 0 Å². The third-order valence-corrected chi connectivity index (χ3v) is 5.70. The topological polar surface area (TPSA) is 15.3 Å². The van der Waals surface area contributed by atoms with Gasteiger partial charge in [-0.15, -0.1) is 0 Å². The first kappa shape index (κ1) is 14.9.